The van der Waals surface area contributed by atoms with Crippen LogP contribution in [0.3, 0.4) is 0 Å². The molecule has 0 unspecified atom stereocenters. The van der Waals surface area contributed by atoms with Crippen LogP contribution in [-0.2, 0) is 0 Å². The lowest BCUT2D eigenvalue weighted by atomic mass is 10.2. The molecule has 17 heavy (non-hydrogen) atoms. The summed E-state index contributed by atoms with van der Waals surface area (Å²) in [5.41, 5.74) is 0.638. The number of hydrogen-bond acceptors (Lipinski definition) is 3. The van der Waals surface area contributed by atoms with E-state index in [1.165, 1.54) is 11.8 Å². The van der Waals surface area contributed by atoms with Crippen molar-refractivity contribution in [1.29, 1.82) is 5.26 Å². The molecule has 5 heteroatoms. The Morgan fingerprint density at radius 2 is 1.94 bits per heavy atom. The van der Waals surface area contributed by atoms with Crippen molar-refractivity contribution in [2.24, 2.45) is 0 Å². The van der Waals surface area contributed by atoms with Crippen LogP contribution in [0.25, 0.3) is 0 Å². The molecule has 0 saturated heterocycles. The molecule has 0 bridgehead atoms. The number of pyridine rings is 1. The van der Waals surface area contributed by atoms with Crippen molar-refractivity contribution in [2.75, 3.05) is 0 Å². The number of rotatable bonds is 2. The van der Waals surface area contributed by atoms with Gasteiger partial charge in [0.25, 0.3) is 0 Å². The summed E-state index contributed by atoms with van der Waals surface area (Å²) in [5.74, 6) is 0. The molecule has 0 fully saturated rings. The van der Waals surface area contributed by atoms with Crippen LogP contribution in [0.15, 0.2) is 55.4 Å². The largest absolute Gasteiger partial charge is 0.248 e. The minimum Gasteiger partial charge on any atom is -0.248 e. The van der Waals surface area contributed by atoms with E-state index in [9.17, 15) is 0 Å². The van der Waals surface area contributed by atoms with Gasteiger partial charge in [0.05, 0.1) is 11.6 Å². The summed E-state index contributed by atoms with van der Waals surface area (Å²) < 4.78 is 1.85. The van der Waals surface area contributed by atoms with Crippen LogP contribution in [0, 0.1) is 11.3 Å². The maximum atomic E-state index is 8.89. The molecular formula is C12H6Br2N2S. The van der Waals surface area contributed by atoms with Gasteiger partial charge in [-0.1, -0.05) is 27.7 Å². The molecule has 84 valence electrons. The Balaban J connectivity index is 2.27. The lowest BCUT2D eigenvalue weighted by molar-refractivity contribution is 1.12. The first-order chi connectivity index (χ1) is 8.17. The number of aromatic nitrogens is 1. The van der Waals surface area contributed by atoms with Crippen molar-refractivity contribution >= 4 is 43.6 Å². The second-order valence-corrected chi connectivity index (χ2v) is 6.13. The Kier molecular flexibility index (Phi) is 4.21. The highest BCUT2D eigenvalue weighted by molar-refractivity contribution is 9.10. The van der Waals surface area contributed by atoms with Gasteiger partial charge in [0.1, 0.15) is 5.03 Å². The van der Waals surface area contributed by atoms with Gasteiger partial charge < -0.3 is 0 Å². The van der Waals surface area contributed by atoms with Gasteiger partial charge in [-0.15, -0.1) is 0 Å². The highest BCUT2D eigenvalue weighted by atomic mass is 79.9. The quantitative estimate of drug-likeness (QED) is 0.774. The fourth-order valence-corrected chi connectivity index (χ4v) is 2.96. The van der Waals surface area contributed by atoms with E-state index in [1.807, 2.05) is 24.3 Å². The minimum atomic E-state index is 0.638. The van der Waals surface area contributed by atoms with Gasteiger partial charge in [0, 0.05) is 20.0 Å². The van der Waals surface area contributed by atoms with E-state index in [-0.39, 0.29) is 0 Å². The lowest BCUT2D eigenvalue weighted by Crippen LogP contribution is -1.81. The van der Waals surface area contributed by atoms with Gasteiger partial charge in [0.15, 0.2) is 0 Å². The fraction of sp³-hybridized carbons (Fsp3) is 0. The zero-order valence-electron chi connectivity index (χ0n) is 8.52. The van der Waals surface area contributed by atoms with E-state index in [4.69, 9.17) is 5.26 Å². The second kappa shape index (κ2) is 5.67. The molecule has 0 aliphatic rings. The van der Waals surface area contributed by atoms with Crippen molar-refractivity contribution in [3.8, 4) is 6.07 Å². The van der Waals surface area contributed by atoms with Crippen LogP contribution in [0.1, 0.15) is 5.56 Å². The molecule has 0 aliphatic heterocycles. The molecule has 1 heterocycles. The molecule has 0 spiro atoms. The highest BCUT2D eigenvalue weighted by Gasteiger charge is 2.02. The summed E-state index contributed by atoms with van der Waals surface area (Å²) in [6.45, 7) is 0. The molecule has 2 rings (SSSR count). The predicted molar refractivity (Wildman–Crippen MR) is 74.9 cm³/mol. The summed E-state index contributed by atoms with van der Waals surface area (Å²) in [5, 5.41) is 9.79. The normalized spacial score (nSPS) is 9.94. The third-order valence-electron chi connectivity index (χ3n) is 1.92. The molecule has 0 N–H and O–H groups in total. The van der Waals surface area contributed by atoms with E-state index >= 15 is 0 Å². The lowest BCUT2D eigenvalue weighted by Gasteiger charge is -2.02. The monoisotopic (exact) mass is 368 g/mol. The first kappa shape index (κ1) is 12.6. The molecule has 1 aromatic carbocycles. The van der Waals surface area contributed by atoms with E-state index < -0.39 is 0 Å². The van der Waals surface area contributed by atoms with Crippen molar-refractivity contribution in [3.63, 3.8) is 0 Å². The summed E-state index contributed by atoms with van der Waals surface area (Å²) in [4.78, 5) is 5.27. The van der Waals surface area contributed by atoms with Crippen LogP contribution in [0.5, 0.6) is 0 Å². The van der Waals surface area contributed by atoms with Crippen molar-refractivity contribution in [2.45, 2.75) is 9.92 Å². The van der Waals surface area contributed by atoms with Gasteiger partial charge in [-0.2, -0.15) is 5.26 Å². The second-order valence-electron chi connectivity index (χ2n) is 3.20. The first-order valence-electron chi connectivity index (χ1n) is 4.67. The van der Waals surface area contributed by atoms with E-state index in [1.54, 1.807) is 12.3 Å². The predicted octanol–water partition coefficient (Wildman–Crippen LogP) is 4.63. The van der Waals surface area contributed by atoms with Gasteiger partial charge >= 0.3 is 0 Å². The molecule has 0 aliphatic carbocycles. The van der Waals surface area contributed by atoms with Crippen LogP contribution in [-0.4, -0.2) is 4.98 Å². The number of nitrogens with zero attached hydrogens (tertiary/aromatic N) is 2. The first-order valence-corrected chi connectivity index (χ1v) is 7.08. The van der Waals surface area contributed by atoms with Crippen molar-refractivity contribution in [3.05, 3.63) is 51.0 Å². The van der Waals surface area contributed by atoms with Gasteiger partial charge in [-0.25, -0.2) is 4.98 Å². The molecule has 2 nitrogen and oxygen atoms in total. The molecule has 0 atom stereocenters. The van der Waals surface area contributed by atoms with Crippen molar-refractivity contribution in [1.82, 2.24) is 4.98 Å². The Bertz CT molecular complexity index is 576. The number of halogens is 2. The van der Waals surface area contributed by atoms with Gasteiger partial charge in [-0.05, 0) is 46.3 Å². The maximum Gasteiger partial charge on any atom is 0.101 e. The smallest absolute Gasteiger partial charge is 0.101 e. The SMILES string of the molecule is N#Cc1cc(Br)cc(Sc2ccc(Br)cn2)c1. The average Bonchev–Trinajstić information content (AvgIpc) is 2.31. The number of hydrogen-bond donors (Lipinski definition) is 0. The molecule has 1 aromatic heterocycles. The van der Waals surface area contributed by atoms with Gasteiger partial charge in [-0.3, -0.25) is 0 Å². The summed E-state index contributed by atoms with van der Waals surface area (Å²) in [6.07, 6.45) is 1.76. The topological polar surface area (TPSA) is 36.7 Å². The van der Waals surface area contributed by atoms with E-state index in [2.05, 4.69) is 42.9 Å². The molecule has 0 radical (unpaired) electrons. The van der Waals surface area contributed by atoms with Crippen molar-refractivity contribution < 1.29 is 0 Å². The Morgan fingerprint density at radius 3 is 2.59 bits per heavy atom. The number of benzene rings is 1. The summed E-state index contributed by atoms with van der Waals surface area (Å²) in [6, 6.07) is 11.6. The molecule has 2 aromatic rings. The Labute approximate surface area is 120 Å². The standard InChI is InChI=1S/C12H6Br2N2S/c13-9-1-2-12(16-7-9)17-11-4-8(6-15)3-10(14)5-11/h1-5,7H. The van der Waals surface area contributed by atoms with E-state index in [0.29, 0.717) is 5.56 Å². The highest BCUT2D eigenvalue weighted by Crippen LogP contribution is 2.29. The molecular weight excluding hydrogens is 364 g/mol. The average molecular weight is 370 g/mol. The molecule has 0 saturated carbocycles. The summed E-state index contributed by atoms with van der Waals surface area (Å²) in [7, 11) is 0. The summed E-state index contributed by atoms with van der Waals surface area (Å²) >= 11 is 8.26. The molecule has 0 amide bonds. The fourth-order valence-electron chi connectivity index (χ4n) is 1.23. The number of nitriles is 1. The van der Waals surface area contributed by atoms with Crippen LogP contribution >= 0.6 is 43.6 Å². The van der Waals surface area contributed by atoms with Gasteiger partial charge in [0.2, 0.25) is 0 Å². The van der Waals surface area contributed by atoms with E-state index in [0.717, 1.165) is 18.9 Å². The minimum absolute atomic E-state index is 0.638. The zero-order valence-corrected chi connectivity index (χ0v) is 12.5. The Morgan fingerprint density at radius 1 is 1.12 bits per heavy atom. The Hall–Kier alpha value is -0.830. The third-order valence-corrected chi connectivity index (χ3v) is 3.77. The van der Waals surface area contributed by atoms with Crippen LogP contribution in [0.2, 0.25) is 0 Å². The third kappa shape index (κ3) is 3.56. The van der Waals surface area contributed by atoms with Crippen LogP contribution < -0.4 is 0 Å². The maximum absolute atomic E-state index is 8.89. The zero-order chi connectivity index (χ0) is 12.3. The van der Waals surface area contributed by atoms with Crippen LogP contribution in [0.4, 0.5) is 0 Å².